The summed E-state index contributed by atoms with van der Waals surface area (Å²) in [6.45, 7) is -0.0224. The summed E-state index contributed by atoms with van der Waals surface area (Å²) >= 11 is 0. The highest BCUT2D eigenvalue weighted by Gasteiger charge is 2.37. The Bertz CT molecular complexity index is 640. The van der Waals surface area contributed by atoms with E-state index in [1.165, 1.54) is 13.2 Å². The van der Waals surface area contributed by atoms with Gasteiger partial charge in [0.25, 0.3) is 0 Å². The van der Waals surface area contributed by atoms with Gasteiger partial charge in [-0.1, -0.05) is 5.16 Å². The maximum absolute atomic E-state index is 13.1. The van der Waals surface area contributed by atoms with Crippen molar-refractivity contribution in [1.29, 1.82) is 0 Å². The first-order valence-corrected chi connectivity index (χ1v) is 5.77. The van der Waals surface area contributed by atoms with E-state index in [2.05, 4.69) is 10.1 Å². The predicted molar refractivity (Wildman–Crippen MR) is 65.7 cm³/mol. The third-order valence-corrected chi connectivity index (χ3v) is 2.69. The van der Waals surface area contributed by atoms with E-state index in [0.29, 0.717) is 0 Å². The maximum Gasteiger partial charge on any atom is 0.420 e. The van der Waals surface area contributed by atoms with Crippen LogP contribution >= 0.6 is 0 Å². The molecule has 0 aliphatic rings. The molecule has 0 radical (unpaired) electrons. The van der Waals surface area contributed by atoms with E-state index in [9.17, 15) is 13.2 Å². The summed E-state index contributed by atoms with van der Waals surface area (Å²) in [5.74, 6) is -0.370. The van der Waals surface area contributed by atoms with Gasteiger partial charge in [0.15, 0.2) is 0 Å². The molecule has 6 nitrogen and oxygen atoms in total. The number of rotatable bonds is 4. The zero-order valence-corrected chi connectivity index (χ0v) is 11.2. The van der Waals surface area contributed by atoms with Crippen molar-refractivity contribution in [2.75, 3.05) is 14.2 Å². The second kappa shape index (κ2) is 5.60. The molecule has 2 rings (SSSR count). The van der Waals surface area contributed by atoms with Crippen LogP contribution in [0, 0.1) is 0 Å². The van der Waals surface area contributed by atoms with Gasteiger partial charge in [-0.2, -0.15) is 18.2 Å². The minimum atomic E-state index is -4.62. The summed E-state index contributed by atoms with van der Waals surface area (Å²) in [7, 11) is 2.39. The van der Waals surface area contributed by atoms with E-state index in [4.69, 9.17) is 19.7 Å². The van der Waals surface area contributed by atoms with Crippen LogP contribution in [0.1, 0.15) is 11.5 Å². The van der Waals surface area contributed by atoms with Gasteiger partial charge in [-0.05, 0) is 12.1 Å². The van der Waals surface area contributed by atoms with Crippen LogP contribution in [-0.2, 0) is 12.7 Å². The number of nitrogens with zero attached hydrogens (tertiary/aromatic N) is 2. The van der Waals surface area contributed by atoms with Gasteiger partial charge in [0, 0.05) is 0 Å². The van der Waals surface area contributed by atoms with Crippen LogP contribution in [0.4, 0.5) is 13.2 Å². The SMILES string of the molecule is COc1cc(-c2noc(CN)n2)c(OC)c(C(F)(F)F)c1. The van der Waals surface area contributed by atoms with Gasteiger partial charge in [-0.25, -0.2) is 0 Å². The Morgan fingerprint density at radius 1 is 1.24 bits per heavy atom. The number of benzene rings is 1. The van der Waals surface area contributed by atoms with Gasteiger partial charge in [0.1, 0.15) is 17.1 Å². The lowest BCUT2D eigenvalue weighted by molar-refractivity contribution is -0.138. The molecule has 0 atom stereocenters. The number of methoxy groups -OCH3 is 2. The lowest BCUT2D eigenvalue weighted by Gasteiger charge is -2.15. The van der Waals surface area contributed by atoms with Crippen molar-refractivity contribution >= 4 is 0 Å². The Labute approximate surface area is 117 Å². The van der Waals surface area contributed by atoms with Crippen molar-refractivity contribution in [3.63, 3.8) is 0 Å². The van der Waals surface area contributed by atoms with Crippen LogP contribution in [-0.4, -0.2) is 24.4 Å². The van der Waals surface area contributed by atoms with Crippen LogP contribution in [0.25, 0.3) is 11.4 Å². The topological polar surface area (TPSA) is 83.4 Å². The third-order valence-electron chi connectivity index (χ3n) is 2.69. The van der Waals surface area contributed by atoms with E-state index >= 15 is 0 Å². The van der Waals surface area contributed by atoms with E-state index < -0.39 is 17.5 Å². The molecule has 9 heteroatoms. The molecule has 114 valence electrons. The summed E-state index contributed by atoms with van der Waals surface area (Å²) < 4.78 is 53.8. The van der Waals surface area contributed by atoms with Gasteiger partial charge >= 0.3 is 6.18 Å². The molecule has 0 spiro atoms. The first-order valence-electron chi connectivity index (χ1n) is 5.77. The minimum Gasteiger partial charge on any atom is -0.497 e. The molecule has 0 bridgehead atoms. The molecule has 2 aromatic rings. The zero-order chi connectivity index (χ0) is 15.6. The number of hydrogen-bond donors (Lipinski definition) is 1. The van der Waals surface area contributed by atoms with Crippen molar-refractivity contribution in [1.82, 2.24) is 10.1 Å². The highest BCUT2D eigenvalue weighted by molar-refractivity contribution is 5.69. The van der Waals surface area contributed by atoms with Crippen molar-refractivity contribution in [2.45, 2.75) is 12.7 Å². The molecule has 21 heavy (non-hydrogen) atoms. The Balaban J connectivity index is 2.68. The Kier molecular flexibility index (Phi) is 4.03. The lowest BCUT2D eigenvalue weighted by atomic mass is 10.1. The summed E-state index contributed by atoms with van der Waals surface area (Å²) in [4.78, 5) is 3.90. The predicted octanol–water partition coefficient (Wildman–Crippen LogP) is 2.23. The van der Waals surface area contributed by atoms with Gasteiger partial charge in [0.2, 0.25) is 11.7 Å². The van der Waals surface area contributed by atoms with Crippen LogP contribution in [0.3, 0.4) is 0 Å². The van der Waals surface area contributed by atoms with Crippen molar-refractivity contribution < 1.29 is 27.2 Å². The van der Waals surface area contributed by atoms with Gasteiger partial charge in [-0.15, -0.1) is 0 Å². The van der Waals surface area contributed by atoms with Gasteiger partial charge in [-0.3, -0.25) is 0 Å². The standard InChI is InChI=1S/C12H12F3N3O3/c1-19-6-3-7(11-17-9(5-16)21-18-11)10(20-2)8(4-6)12(13,14)15/h3-4H,5,16H2,1-2H3. The molecule has 0 aliphatic heterocycles. The fraction of sp³-hybridized carbons (Fsp3) is 0.333. The molecule has 0 aliphatic carbocycles. The first kappa shape index (κ1) is 15.1. The molecular formula is C12H12F3N3O3. The molecule has 0 amide bonds. The summed E-state index contributed by atoms with van der Waals surface area (Å²) in [5, 5.41) is 3.60. The number of aromatic nitrogens is 2. The average molecular weight is 303 g/mol. The second-order valence-electron chi connectivity index (χ2n) is 3.97. The summed E-state index contributed by atoms with van der Waals surface area (Å²) in [6.07, 6.45) is -4.62. The Morgan fingerprint density at radius 3 is 2.43 bits per heavy atom. The summed E-state index contributed by atoms with van der Waals surface area (Å²) in [6, 6.07) is 2.17. The minimum absolute atomic E-state index is 0.00257. The molecule has 2 N–H and O–H groups in total. The van der Waals surface area contributed by atoms with E-state index in [0.717, 1.165) is 13.2 Å². The molecule has 0 unspecified atom stereocenters. The van der Waals surface area contributed by atoms with Crippen molar-refractivity contribution in [3.8, 4) is 22.9 Å². The van der Waals surface area contributed by atoms with Crippen LogP contribution < -0.4 is 15.2 Å². The molecule has 0 saturated carbocycles. The van der Waals surface area contributed by atoms with Crippen LogP contribution in [0.15, 0.2) is 16.7 Å². The highest BCUT2D eigenvalue weighted by Crippen LogP contribution is 2.43. The maximum atomic E-state index is 13.1. The monoisotopic (exact) mass is 303 g/mol. The fourth-order valence-electron chi connectivity index (χ4n) is 1.76. The number of halogens is 3. The Morgan fingerprint density at radius 2 is 1.95 bits per heavy atom. The molecule has 1 aromatic carbocycles. The van der Waals surface area contributed by atoms with Gasteiger partial charge < -0.3 is 19.7 Å². The van der Waals surface area contributed by atoms with E-state index in [1.807, 2.05) is 0 Å². The largest absolute Gasteiger partial charge is 0.497 e. The molecular weight excluding hydrogens is 291 g/mol. The molecule has 0 fully saturated rings. The average Bonchev–Trinajstić information content (AvgIpc) is 2.93. The second-order valence-corrected chi connectivity index (χ2v) is 3.97. The quantitative estimate of drug-likeness (QED) is 0.932. The number of nitrogens with two attached hydrogens (primary N) is 1. The Hall–Kier alpha value is -2.29. The lowest BCUT2D eigenvalue weighted by Crippen LogP contribution is -2.09. The van der Waals surface area contributed by atoms with Crippen molar-refractivity contribution in [2.24, 2.45) is 5.73 Å². The zero-order valence-electron chi connectivity index (χ0n) is 11.2. The number of alkyl halides is 3. The summed E-state index contributed by atoms with van der Waals surface area (Å²) in [5.41, 5.74) is 4.35. The number of hydrogen-bond acceptors (Lipinski definition) is 6. The van der Waals surface area contributed by atoms with Crippen LogP contribution in [0.2, 0.25) is 0 Å². The smallest absolute Gasteiger partial charge is 0.420 e. The highest BCUT2D eigenvalue weighted by atomic mass is 19.4. The van der Waals surface area contributed by atoms with Crippen LogP contribution in [0.5, 0.6) is 11.5 Å². The van der Waals surface area contributed by atoms with E-state index in [1.54, 1.807) is 0 Å². The van der Waals surface area contributed by atoms with E-state index in [-0.39, 0.29) is 29.6 Å². The molecule has 1 heterocycles. The van der Waals surface area contributed by atoms with Crippen molar-refractivity contribution in [3.05, 3.63) is 23.6 Å². The van der Waals surface area contributed by atoms with Gasteiger partial charge in [0.05, 0.1) is 26.3 Å². The first-order chi connectivity index (χ1) is 9.90. The third kappa shape index (κ3) is 2.92. The number of ether oxygens (including phenoxy) is 2. The molecule has 0 saturated heterocycles. The normalized spacial score (nSPS) is 11.5. The fourth-order valence-corrected chi connectivity index (χ4v) is 1.76. The molecule has 1 aromatic heterocycles.